The summed E-state index contributed by atoms with van der Waals surface area (Å²) < 4.78 is 26.7. The van der Waals surface area contributed by atoms with Gasteiger partial charge in [0.2, 0.25) is 0 Å². The number of fused-ring (bicyclic) bond motifs is 1. The molecule has 210 valence electrons. The number of β-amino-alcohol motifs (C(OH)–C–C–N with tert-alkyl or cyclic N) is 1. The summed E-state index contributed by atoms with van der Waals surface area (Å²) >= 11 is 5.97. The van der Waals surface area contributed by atoms with Gasteiger partial charge in [-0.3, -0.25) is 9.80 Å². The minimum atomic E-state index is -0.874. The maximum Gasteiger partial charge on any atom is 0.319 e. The lowest BCUT2D eigenvalue weighted by Crippen LogP contribution is -2.49. The van der Waals surface area contributed by atoms with Crippen LogP contribution in [0, 0.1) is 5.82 Å². The zero-order valence-corrected chi connectivity index (χ0v) is 23.3. The first-order valence-corrected chi connectivity index (χ1v) is 13.8. The van der Waals surface area contributed by atoms with Crippen LogP contribution in [0.15, 0.2) is 36.5 Å². The molecule has 3 aromatic rings. The first-order chi connectivity index (χ1) is 18.8. The Morgan fingerprint density at radius 3 is 2.56 bits per heavy atom. The molecule has 0 aliphatic carbocycles. The second-order valence-corrected chi connectivity index (χ2v) is 11.1. The number of hydrogen-bond donors (Lipinski definition) is 1. The highest BCUT2D eigenvalue weighted by molar-refractivity contribution is 6.30. The van der Waals surface area contributed by atoms with Crippen LogP contribution in [-0.2, 0) is 11.3 Å². The molecule has 5 rings (SSSR count). The molecule has 2 aliphatic rings. The largest absolute Gasteiger partial charge is 0.461 e. The molecule has 39 heavy (non-hydrogen) atoms. The van der Waals surface area contributed by atoms with Crippen molar-refractivity contribution < 1.29 is 19.0 Å². The number of anilines is 1. The third kappa shape index (κ3) is 6.93. The summed E-state index contributed by atoms with van der Waals surface area (Å²) in [5.41, 5.74) is 0.496. The van der Waals surface area contributed by atoms with Crippen LogP contribution in [0.5, 0.6) is 6.01 Å². The zero-order chi connectivity index (χ0) is 27.4. The van der Waals surface area contributed by atoms with Gasteiger partial charge in [-0.25, -0.2) is 9.37 Å². The van der Waals surface area contributed by atoms with E-state index in [1.54, 1.807) is 14.0 Å². The number of nitrogens with zero attached hydrogens (tertiary/aromatic N) is 6. The van der Waals surface area contributed by atoms with E-state index in [0.717, 1.165) is 39.1 Å². The molecule has 0 amide bonds. The number of hydrogen-bond acceptors (Lipinski definition) is 9. The zero-order valence-electron chi connectivity index (χ0n) is 22.5. The maximum atomic E-state index is 15.0. The molecule has 1 aromatic carbocycles. The summed E-state index contributed by atoms with van der Waals surface area (Å²) in [5.74, 6) is -0.246. The number of ether oxygens (including phenoxy) is 2. The highest BCUT2D eigenvalue weighted by Gasteiger charge is 2.31. The van der Waals surface area contributed by atoms with E-state index in [1.165, 1.54) is 11.8 Å². The number of aromatic nitrogens is 3. The molecule has 0 radical (unpaired) electrons. The number of aliphatic hydroxyl groups is 1. The first kappa shape index (κ1) is 27.9. The lowest BCUT2D eigenvalue weighted by Gasteiger charge is -2.38. The summed E-state index contributed by atoms with van der Waals surface area (Å²) in [6.07, 6.45) is 2.72. The van der Waals surface area contributed by atoms with Gasteiger partial charge in [0.05, 0.1) is 11.0 Å². The van der Waals surface area contributed by atoms with Crippen molar-refractivity contribution >= 4 is 28.3 Å². The summed E-state index contributed by atoms with van der Waals surface area (Å²) in [5, 5.41) is 10.8. The molecule has 0 spiro atoms. The van der Waals surface area contributed by atoms with Crippen LogP contribution in [0.1, 0.15) is 25.3 Å². The highest BCUT2D eigenvalue weighted by Crippen LogP contribution is 2.33. The molecule has 4 heterocycles. The fraction of sp³-hybridized carbons (Fsp3) is 0.536. The van der Waals surface area contributed by atoms with Gasteiger partial charge in [-0.1, -0.05) is 41.9 Å². The van der Waals surface area contributed by atoms with Crippen molar-refractivity contribution in [2.75, 3.05) is 64.4 Å². The molecule has 2 aliphatic heterocycles. The SMILES string of the molecule is CO[C@@H](COc1nc(N2CCC[C@@](C)(O)C2)c2cnc(Cl)c(F)c2n1)CN1CCN(Cc2ccccc2)CC1. The van der Waals surface area contributed by atoms with Crippen LogP contribution >= 0.6 is 11.6 Å². The predicted octanol–water partition coefficient (Wildman–Crippen LogP) is 3.38. The number of piperazine rings is 1. The quantitative estimate of drug-likeness (QED) is 0.397. The fourth-order valence-electron chi connectivity index (χ4n) is 5.33. The topological polar surface area (TPSA) is 87.1 Å². The van der Waals surface area contributed by atoms with Crippen molar-refractivity contribution in [2.45, 2.75) is 38.0 Å². The normalized spacial score (nSPS) is 21.8. The molecule has 2 fully saturated rings. The Bertz CT molecular complexity index is 1260. The molecular weight excluding hydrogens is 523 g/mol. The van der Waals surface area contributed by atoms with Gasteiger partial charge in [-0.15, -0.1) is 0 Å². The van der Waals surface area contributed by atoms with E-state index in [2.05, 4.69) is 49.0 Å². The van der Waals surface area contributed by atoms with Gasteiger partial charge in [0, 0.05) is 65.7 Å². The molecule has 9 nitrogen and oxygen atoms in total. The summed E-state index contributed by atoms with van der Waals surface area (Å²) in [4.78, 5) is 19.7. The molecule has 1 N–H and O–H groups in total. The average molecular weight is 559 g/mol. The molecular formula is C28H36ClFN6O3. The third-order valence-corrected chi connectivity index (χ3v) is 7.75. The summed E-state index contributed by atoms with van der Waals surface area (Å²) in [6.45, 7) is 8.54. The van der Waals surface area contributed by atoms with E-state index in [9.17, 15) is 9.50 Å². The molecule has 0 saturated carbocycles. The maximum absolute atomic E-state index is 15.0. The smallest absolute Gasteiger partial charge is 0.319 e. The lowest BCUT2D eigenvalue weighted by atomic mass is 9.95. The van der Waals surface area contributed by atoms with E-state index in [0.29, 0.717) is 37.3 Å². The average Bonchev–Trinajstić information content (AvgIpc) is 2.94. The van der Waals surface area contributed by atoms with E-state index >= 15 is 0 Å². The molecule has 0 unspecified atom stereocenters. The second-order valence-electron chi connectivity index (χ2n) is 10.7. The third-order valence-electron chi connectivity index (χ3n) is 7.48. The van der Waals surface area contributed by atoms with Gasteiger partial charge in [0.1, 0.15) is 24.0 Å². The van der Waals surface area contributed by atoms with Crippen molar-refractivity contribution in [3.05, 3.63) is 53.1 Å². The van der Waals surface area contributed by atoms with Crippen molar-refractivity contribution in [1.29, 1.82) is 0 Å². The Morgan fingerprint density at radius 2 is 1.85 bits per heavy atom. The molecule has 11 heteroatoms. The Morgan fingerprint density at radius 1 is 1.10 bits per heavy atom. The second kappa shape index (κ2) is 12.3. The van der Waals surface area contributed by atoms with Gasteiger partial charge >= 0.3 is 6.01 Å². The van der Waals surface area contributed by atoms with Gasteiger partial charge in [0.15, 0.2) is 11.0 Å². The lowest BCUT2D eigenvalue weighted by molar-refractivity contribution is 0.0133. The number of methoxy groups -OCH3 is 1. The fourth-order valence-corrected chi connectivity index (χ4v) is 5.47. The van der Waals surface area contributed by atoms with E-state index < -0.39 is 11.4 Å². The minimum Gasteiger partial charge on any atom is -0.461 e. The van der Waals surface area contributed by atoms with Gasteiger partial charge in [-0.05, 0) is 25.3 Å². The molecule has 0 bridgehead atoms. The van der Waals surface area contributed by atoms with Crippen LogP contribution in [0.25, 0.3) is 10.9 Å². The standard InChI is InChI=1S/C28H36ClFN6O3/c1-28(37)9-6-10-36(19-28)26-22-15-31-25(29)23(30)24(22)32-27(33-26)39-18-21(38-2)17-35-13-11-34(12-14-35)16-20-7-4-3-5-8-20/h3-5,7-8,15,21,37H,6,9-14,16-19H2,1-2H3/t21-,28-/m1/s1. The minimum absolute atomic E-state index is 0.0404. The van der Waals surface area contributed by atoms with Gasteiger partial charge in [-0.2, -0.15) is 9.97 Å². The highest BCUT2D eigenvalue weighted by atomic mass is 35.5. The van der Waals surface area contributed by atoms with Crippen LogP contribution in [0.3, 0.4) is 0 Å². The molecule has 2 aromatic heterocycles. The Kier molecular flexibility index (Phi) is 8.78. The van der Waals surface area contributed by atoms with Crippen molar-refractivity contribution in [3.63, 3.8) is 0 Å². The van der Waals surface area contributed by atoms with Gasteiger partial charge < -0.3 is 19.5 Å². The van der Waals surface area contributed by atoms with E-state index in [1.807, 2.05) is 11.0 Å². The molecule has 2 atom stereocenters. The van der Waals surface area contributed by atoms with Crippen LogP contribution in [-0.4, -0.2) is 101 Å². The Balaban J connectivity index is 1.24. The first-order valence-electron chi connectivity index (χ1n) is 13.4. The van der Waals surface area contributed by atoms with Crippen LogP contribution in [0.2, 0.25) is 5.15 Å². The van der Waals surface area contributed by atoms with Crippen molar-refractivity contribution in [1.82, 2.24) is 24.8 Å². The van der Waals surface area contributed by atoms with E-state index in [4.69, 9.17) is 21.1 Å². The number of rotatable bonds is 9. The number of benzene rings is 1. The van der Waals surface area contributed by atoms with Crippen LogP contribution < -0.4 is 9.64 Å². The monoisotopic (exact) mass is 558 g/mol. The molecule has 2 saturated heterocycles. The van der Waals surface area contributed by atoms with Crippen LogP contribution in [0.4, 0.5) is 10.2 Å². The van der Waals surface area contributed by atoms with Gasteiger partial charge in [0.25, 0.3) is 0 Å². The summed E-state index contributed by atoms with van der Waals surface area (Å²) in [6, 6.07) is 10.6. The summed E-state index contributed by atoms with van der Waals surface area (Å²) in [7, 11) is 1.66. The Hall–Kier alpha value is -2.63. The van der Waals surface area contributed by atoms with Crippen molar-refractivity contribution in [3.8, 4) is 6.01 Å². The van der Waals surface area contributed by atoms with Crippen molar-refractivity contribution in [2.24, 2.45) is 0 Å². The number of pyridine rings is 1. The Labute approximate surface area is 233 Å². The number of piperidine rings is 1. The van der Waals surface area contributed by atoms with E-state index in [-0.39, 0.29) is 29.4 Å². The number of halogens is 2. The predicted molar refractivity (Wildman–Crippen MR) is 149 cm³/mol.